The van der Waals surface area contributed by atoms with Crippen molar-refractivity contribution >= 4 is 17.1 Å². The third kappa shape index (κ3) is 4.84. The van der Waals surface area contributed by atoms with Gasteiger partial charge in [-0.05, 0) is 54.3 Å². The van der Waals surface area contributed by atoms with Crippen molar-refractivity contribution in [3.05, 3.63) is 94.1 Å². The predicted octanol–water partition coefficient (Wildman–Crippen LogP) is 5.84. The van der Waals surface area contributed by atoms with Gasteiger partial charge in [-0.3, -0.25) is 9.78 Å². The lowest BCUT2D eigenvalue weighted by Crippen LogP contribution is -2.06. The van der Waals surface area contributed by atoms with Crippen molar-refractivity contribution in [2.45, 2.75) is 26.7 Å². The van der Waals surface area contributed by atoms with E-state index in [1.54, 1.807) is 11.3 Å². The molecule has 2 aromatic heterocycles. The number of carbonyl (C=O) groups is 1. The molecule has 0 aliphatic heterocycles. The average molecular weight is 399 g/mol. The largest absolute Gasteiger partial charge is 0.299 e. The number of Topliss-reactive ketones (excluding diaryl/α,β-unsaturated/α-hetero) is 1. The number of carbonyl (C=O) groups excluding carboxylic acids is 1. The fourth-order valence-electron chi connectivity index (χ4n) is 3.39. The number of benzene rings is 2. The maximum Gasteiger partial charge on any atom is 0.141 e. The number of rotatable bonds is 6. The highest BCUT2D eigenvalue weighted by atomic mass is 32.1. The first-order valence-electron chi connectivity index (χ1n) is 9.62. The van der Waals surface area contributed by atoms with Crippen LogP contribution in [0, 0.1) is 13.8 Å². The van der Waals surface area contributed by atoms with Gasteiger partial charge in [0.1, 0.15) is 5.78 Å². The summed E-state index contributed by atoms with van der Waals surface area (Å²) >= 11 is 1.64. The van der Waals surface area contributed by atoms with Gasteiger partial charge in [0.15, 0.2) is 0 Å². The molecule has 0 fully saturated rings. The molecule has 0 aliphatic carbocycles. The molecule has 0 atom stereocenters. The van der Waals surface area contributed by atoms with Gasteiger partial charge in [-0.25, -0.2) is 4.98 Å². The second-order valence-corrected chi connectivity index (χ2v) is 8.29. The van der Waals surface area contributed by atoms with Crippen LogP contribution in [-0.2, 0) is 17.6 Å². The smallest absolute Gasteiger partial charge is 0.141 e. The zero-order valence-corrected chi connectivity index (χ0v) is 17.4. The molecule has 0 bridgehead atoms. The Morgan fingerprint density at radius 1 is 0.862 bits per heavy atom. The summed E-state index contributed by atoms with van der Waals surface area (Å²) in [4.78, 5) is 21.4. The third-order valence-corrected chi connectivity index (χ3v) is 5.60. The van der Waals surface area contributed by atoms with E-state index in [0.717, 1.165) is 44.2 Å². The number of aryl methyl sites for hydroxylation is 2. The van der Waals surface area contributed by atoms with Gasteiger partial charge in [0.25, 0.3) is 0 Å². The summed E-state index contributed by atoms with van der Waals surface area (Å²) in [5.74, 6) is 0.212. The van der Waals surface area contributed by atoms with Crippen LogP contribution in [0.5, 0.6) is 0 Å². The van der Waals surface area contributed by atoms with Crippen LogP contribution in [0.4, 0.5) is 0 Å². The van der Waals surface area contributed by atoms with Crippen molar-refractivity contribution in [1.29, 1.82) is 0 Å². The molecule has 0 spiro atoms. The maximum atomic E-state index is 12.6. The van der Waals surface area contributed by atoms with Crippen molar-refractivity contribution < 1.29 is 4.79 Å². The summed E-state index contributed by atoms with van der Waals surface area (Å²) in [6.45, 7) is 3.99. The van der Waals surface area contributed by atoms with Gasteiger partial charge in [-0.15, -0.1) is 11.3 Å². The summed E-state index contributed by atoms with van der Waals surface area (Å²) in [5.41, 5.74) is 7.39. The van der Waals surface area contributed by atoms with E-state index in [0.29, 0.717) is 12.8 Å². The lowest BCUT2D eigenvalue weighted by atomic mass is 9.99. The Balaban J connectivity index is 1.42. The Morgan fingerprint density at radius 3 is 2.38 bits per heavy atom. The van der Waals surface area contributed by atoms with Gasteiger partial charge in [-0.1, -0.05) is 42.5 Å². The number of thiazole rings is 1. The van der Waals surface area contributed by atoms with Gasteiger partial charge in [0, 0.05) is 35.7 Å². The molecule has 0 saturated carbocycles. The van der Waals surface area contributed by atoms with Crippen LogP contribution in [0.25, 0.3) is 22.4 Å². The van der Waals surface area contributed by atoms with E-state index < -0.39 is 0 Å². The van der Waals surface area contributed by atoms with E-state index in [2.05, 4.69) is 39.6 Å². The molecule has 4 rings (SSSR count). The summed E-state index contributed by atoms with van der Waals surface area (Å²) in [7, 11) is 0. The lowest BCUT2D eigenvalue weighted by molar-refractivity contribution is -0.117. The Bertz CT molecular complexity index is 1150. The van der Waals surface area contributed by atoms with Crippen molar-refractivity contribution in [2.75, 3.05) is 0 Å². The van der Waals surface area contributed by atoms with Gasteiger partial charge in [-0.2, -0.15) is 0 Å². The van der Waals surface area contributed by atoms with E-state index in [1.807, 2.05) is 56.4 Å². The van der Waals surface area contributed by atoms with Crippen LogP contribution in [0.1, 0.15) is 21.8 Å². The number of aromatic nitrogens is 2. The lowest BCUT2D eigenvalue weighted by Gasteiger charge is -2.06. The Hall–Kier alpha value is -3.11. The normalized spacial score (nSPS) is 10.8. The highest BCUT2D eigenvalue weighted by molar-refractivity contribution is 7.09. The van der Waals surface area contributed by atoms with E-state index in [9.17, 15) is 4.79 Å². The standard InChI is InChI=1S/C25H22N2OS/c1-17-12-22(10-11-26-17)21-8-6-19(7-9-21)14-24(28)15-20-4-3-5-23(13-20)25-16-29-18(2)27-25/h3-13,16H,14-15H2,1-2H3. The number of hydrogen-bond donors (Lipinski definition) is 0. The summed E-state index contributed by atoms with van der Waals surface area (Å²) in [6, 6.07) is 20.4. The van der Waals surface area contributed by atoms with Crippen LogP contribution >= 0.6 is 11.3 Å². The third-order valence-electron chi connectivity index (χ3n) is 4.83. The Kier molecular flexibility index (Phi) is 5.63. The van der Waals surface area contributed by atoms with Crippen LogP contribution in [0.2, 0.25) is 0 Å². The number of pyridine rings is 1. The van der Waals surface area contributed by atoms with E-state index in [1.165, 1.54) is 0 Å². The molecule has 29 heavy (non-hydrogen) atoms. The predicted molar refractivity (Wildman–Crippen MR) is 119 cm³/mol. The minimum Gasteiger partial charge on any atom is -0.299 e. The first kappa shape index (κ1) is 19.2. The number of nitrogens with zero attached hydrogens (tertiary/aromatic N) is 2. The summed E-state index contributed by atoms with van der Waals surface area (Å²) in [5, 5.41) is 3.11. The molecule has 0 amide bonds. The summed E-state index contributed by atoms with van der Waals surface area (Å²) in [6.07, 6.45) is 2.70. The molecule has 2 heterocycles. The van der Waals surface area contributed by atoms with Crippen LogP contribution < -0.4 is 0 Å². The second kappa shape index (κ2) is 8.50. The molecular weight excluding hydrogens is 376 g/mol. The Labute approximate surface area is 175 Å². The zero-order valence-electron chi connectivity index (χ0n) is 16.6. The molecule has 0 saturated heterocycles. The van der Waals surface area contributed by atoms with Crippen molar-refractivity contribution in [2.24, 2.45) is 0 Å². The minimum atomic E-state index is 0.212. The van der Waals surface area contributed by atoms with Crippen molar-refractivity contribution in [1.82, 2.24) is 9.97 Å². The molecule has 3 nitrogen and oxygen atoms in total. The van der Waals surface area contributed by atoms with E-state index in [4.69, 9.17) is 0 Å². The first-order chi connectivity index (χ1) is 14.1. The average Bonchev–Trinajstić information content (AvgIpc) is 3.15. The highest BCUT2D eigenvalue weighted by Gasteiger charge is 2.08. The molecular formula is C25H22N2OS. The second-order valence-electron chi connectivity index (χ2n) is 7.23. The molecule has 4 aromatic rings. The zero-order chi connectivity index (χ0) is 20.2. The van der Waals surface area contributed by atoms with Crippen LogP contribution in [0.15, 0.2) is 72.2 Å². The molecule has 4 heteroatoms. The van der Waals surface area contributed by atoms with Gasteiger partial charge in [0.2, 0.25) is 0 Å². The van der Waals surface area contributed by atoms with Crippen LogP contribution in [-0.4, -0.2) is 15.8 Å². The molecule has 2 aromatic carbocycles. The fourth-order valence-corrected chi connectivity index (χ4v) is 4.02. The molecule has 0 radical (unpaired) electrons. The van der Waals surface area contributed by atoms with Gasteiger partial charge >= 0.3 is 0 Å². The van der Waals surface area contributed by atoms with Crippen molar-refractivity contribution in [3.63, 3.8) is 0 Å². The fraction of sp³-hybridized carbons (Fsp3) is 0.160. The highest BCUT2D eigenvalue weighted by Crippen LogP contribution is 2.23. The topological polar surface area (TPSA) is 42.9 Å². The molecule has 0 unspecified atom stereocenters. The quantitative estimate of drug-likeness (QED) is 0.409. The van der Waals surface area contributed by atoms with Gasteiger partial charge in [0.05, 0.1) is 10.7 Å². The van der Waals surface area contributed by atoms with E-state index in [-0.39, 0.29) is 5.78 Å². The SMILES string of the molecule is Cc1cc(-c2ccc(CC(=O)Cc3cccc(-c4csc(C)n4)c3)cc2)ccn1. The first-order valence-corrected chi connectivity index (χ1v) is 10.5. The molecule has 144 valence electrons. The Morgan fingerprint density at radius 2 is 1.66 bits per heavy atom. The number of hydrogen-bond acceptors (Lipinski definition) is 4. The van der Waals surface area contributed by atoms with Crippen molar-refractivity contribution in [3.8, 4) is 22.4 Å². The number of ketones is 1. The molecule has 0 N–H and O–H groups in total. The van der Waals surface area contributed by atoms with Gasteiger partial charge < -0.3 is 0 Å². The summed E-state index contributed by atoms with van der Waals surface area (Å²) < 4.78 is 0. The van der Waals surface area contributed by atoms with Crippen LogP contribution in [0.3, 0.4) is 0 Å². The minimum absolute atomic E-state index is 0.212. The monoisotopic (exact) mass is 398 g/mol. The van der Waals surface area contributed by atoms with E-state index >= 15 is 0 Å². The maximum absolute atomic E-state index is 12.6. The molecule has 0 aliphatic rings.